The molecule has 0 saturated carbocycles. The summed E-state index contributed by atoms with van der Waals surface area (Å²) in [5.74, 6) is 0. The van der Waals surface area contributed by atoms with E-state index in [-0.39, 0.29) is 0 Å². The minimum Gasteiger partial charge on any atom is -0.455 e. The smallest absolute Gasteiger partial charge is 0.150 e. The fourth-order valence-corrected chi connectivity index (χ4v) is 2.88. The van der Waals surface area contributed by atoms with Crippen LogP contribution in [0.3, 0.4) is 0 Å². The van der Waals surface area contributed by atoms with E-state index in [2.05, 4.69) is 50.7 Å². The van der Waals surface area contributed by atoms with Gasteiger partial charge in [-0.25, -0.2) is 0 Å². The van der Waals surface area contributed by atoms with Crippen molar-refractivity contribution in [3.63, 3.8) is 0 Å². The van der Waals surface area contributed by atoms with Gasteiger partial charge in [0.05, 0.1) is 4.47 Å². The van der Waals surface area contributed by atoms with Crippen molar-refractivity contribution in [3.05, 3.63) is 44.4 Å². The zero-order valence-electron chi connectivity index (χ0n) is 7.63. The summed E-state index contributed by atoms with van der Waals surface area (Å²) >= 11 is 5.85. The average Bonchev–Trinajstić information content (AvgIpc) is 2.64. The lowest BCUT2D eigenvalue weighted by atomic mass is 10.2. The Morgan fingerprint density at radius 1 is 1.07 bits per heavy atom. The Morgan fingerprint density at radius 2 is 1.87 bits per heavy atom. The molecule has 15 heavy (non-hydrogen) atoms. The normalized spacial score (nSPS) is 11.3. The molecule has 1 nitrogen and oxygen atoms in total. The van der Waals surface area contributed by atoms with Crippen molar-refractivity contribution in [1.82, 2.24) is 0 Å². The molecule has 3 heteroatoms. The number of para-hydroxylation sites is 1. The van der Waals surface area contributed by atoms with Gasteiger partial charge in [-0.15, -0.1) is 0 Å². The number of hydrogen-bond acceptors (Lipinski definition) is 1. The van der Waals surface area contributed by atoms with Crippen molar-refractivity contribution >= 4 is 60.5 Å². The molecule has 0 saturated heterocycles. The van der Waals surface area contributed by atoms with E-state index < -0.39 is 0 Å². The molecule has 3 aromatic rings. The van der Waals surface area contributed by atoms with Crippen LogP contribution in [0.2, 0.25) is 0 Å². The molecule has 0 aliphatic carbocycles. The van der Waals surface area contributed by atoms with Crippen LogP contribution < -0.4 is 0 Å². The summed E-state index contributed by atoms with van der Waals surface area (Å²) in [6.45, 7) is 0. The number of rotatable bonds is 0. The molecule has 0 amide bonds. The molecule has 0 radical (unpaired) electrons. The summed E-state index contributed by atoms with van der Waals surface area (Å²) in [5.41, 5.74) is 1.88. The molecule has 0 atom stereocenters. The van der Waals surface area contributed by atoms with Crippen LogP contribution in [0.4, 0.5) is 0 Å². The van der Waals surface area contributed by atoms with Crippen LogP contribution in [0.15, 0.2) is 45.3 Å². The second-order valence-electron chi connectivity index (χ2n) is 3.33. The van der Waals surface area contributed by atoms with Gasteiger partial charge in [0.1, 0.15) is 5.58 Å². The quantitative estimate of drug-likeness (QED) is 0.509. The third-order valence-corrected chi connectivity index (χ3v) is 3.95. The molecule has 1 aromatic heterocycles. The van der Waals surface area contributed by atoms with Gasteiger partial charge in [-0.3, -0.25) is 0 Å². The van der Waals surface area contributed by atoms with Gasteiger partial charge in [0.15, 0.2) is 5.58 Å². The van der Waals surface area contributed by atoms with Gasteiger partial charge in [0.2, 0.25) is 0 Å². The van der Waals surface area contributed by atoms with Crippen LogP contribution in [0.1, 0.15) is 0 Å². The lowest BCUT2D eigenvalue weighted by Crippen LogP contribution is -1.74. The standard InChI is InChI=1S/C12H6BrIO/c13-8-5-6-9(14)11-7-3-1-2-4-10(7)15-12(8)11/h1-6H. The number of benzene rings is 2. The summed E-state index contributed by atoms with van der Waals surface area (Å²) in [4.78, 5) is 0. The lowest BCUT2D eigenvalue weighted by Gasteiger charge is -1.95. The van der Waals surface area contributed by atoms with E-state index in [4.69, 9.17) is 4.42 Å². The zero-order valence-corrected chi connectivity index (χ0v) is 11.4. The molecule has 0 fully saturated rings. The molecule has 2 aromatic carbocycles. The maximum absolute atomic E-state index is 5.81. The number of halogens is 2. The molecule has 74 valence electrons. The number of fused-ring (bicyclic) bond motifs is 3. The van der Waals surface area contributed by atoms with E-state index in [1.54, 1.807) is 0 Å². The molecule has 0 aliphatic heterocycles. The molecule has 3 rings (SSSR count). The van der Waals surface area contributed by atoms with E-state index in [0.717, 1.165) is 15.6 Å². The Kier molecular flexibility index (Phi) is 2.25. The highest BCUT2D eigenvalue weighted by Gasteiger charge is 2.11. The fraction of sp³-hybridized carbons (Fsp3) is 0. The Hall–Kier alpha value is -0.550. The van der Waals surface area contributed by atoms with E-state index in [1.807, 2.05) is 24.3 Å². The van der Waals surface area contributed by atoms with Gasteiger partial charge < -0.3 is 4.42 Å². The highest BCUT2D eigenvalue weighted by molar-refractivity contribution is 14.1. The van der Waals surface area contributed by atoms with Crippen molar-refractivity contribution in [1.29, 1.82) is 0 Å². The highest BCUT2D eigenvalue weighted by atomic mass is 127. The summed E-state index contributed by atoms with van der Waals surface area (Å²) in [5, 5.41) is 2.37. The summed E-state index contributed by atoms with van der Waals surface area (Å²) in [6.07, 6.45) is 0. The van der Waals surface area contributed by atoms with Gasteiger partial charge in [0.25, 0.3) is 0 Å². The Labute approximate surface area is 109 Å². The van der Waals surface area contributed by atoms with Gasteiger partial charge in [-0.1, -0.05) is 18.2 Å². The van der Waals surface area contributed by atoms with E-state index in [9.17, 15) is 0 Å². The molecule has 0 bridgehead atoms. The number of furan rings is 1. The van der Waals surface area contributed by atoms with Crippen LogP contribution in [0.5, 0.6) is 0 Å². The summed E-state index contributed by atoms with van der Waals surface area (Å²) < 4.78 is 8.04. The topological polar surface area (TPSA) is 13.1 Å². The first-order valence-corrected chi connectivity index (χ1v) is 6.40. The van der Waals surface area contributed by atoms with E-state index in [1.165, 1.54) is 14.3 Å². The van der Waals surface area contributed by atoms with Crippen molar-refractivity contribution in [2.75, 3.05) is 0 Å². The molecular weight excluding hydrogens is 367 g/mol. The fourth-order valence-electron chi connectivity index (χ4n) is 1.76. The van der Waals surface area contributed by atoms with Crippen molar-refractivity contribution in [2.24, 2.45) is 0 Å². The minimum absolute atomic E-state index is 0.933. The predicted molar refractivity (Wildman–Crippen MR) is 74.1 cm³/mol. The van der Waals surface area contributed by atoms with Gasteiger partial charge in [-0.2, -0.15) is 0 Å². The van der Waals surface area contributed by atoms with Crippen LogP contribution in [-0.2, 0) is 0 Å². The summed E-state index contributed by atoms with van der Waals surface area (Å²) in [6, 6.07) is 12.2. The lowest BCUT2D eigenvalue weighted by molar-refractivity contribution is 0.666. The van der Waals surface area contributed by atoms with Crippen molar-refractivity contribution in [3.8, 4) is 0 Å². The largest absolute Gasteiger partial charge is 0.455 e. The Morgan fingerprint density at radius 3 is 2.73 bits per heavy atom. The predicted octanol–water partition coefficient (Wildman–Crippen LogP) is 4.95. The maximum Gasteiger partial charge on any atom is 0.150 e. The third-order valence-electron chi connectivity index (χ3n) is 2.43. The monoisotopic (exact) mass is 372 g/mol. The first-order chi connectivity index (χ1) is 7.27. The molecule has 0 N–H and O–H groups in total. The van der Waals surface area contributed by atoms with Crippen molar-refractivity contribution < 1.29 is 4.42 Å². The van der Waals surface area contributed by atoms with E-state index in [0.29, 0.717) is 0 Å². The summed E-state index contributed by atoms with van der Waals surface area (Å²) in [7, 11) is 0. The second kappa shape index (κ2) is 3.49. The first-order valence-electron chi connectivity index (χ1n) is 4.52. The van der Waals surface area contributed by atoms with Gasteiger partial charge in [-0.05, 0) is 56.7 Å². The third kappa shape index (κ3) is 1.40. The number of hydrogen-bond donors (Lipinski definition) is 0. The van der Waals surface area contributed by atoms with Gasteiger partial charge >= 0.3 is 0 Å². The zero-order chi connectivity index (χ0) is 10.4. The SMILES string of the molecule is Brc1ccc(I)c2c1oc1ccccc12. The molecule has 1 heterocycles. The second-order valence-corrected chi connectivity index (χ2v) is 5.35. The first kappa shape index (κ1) is 9.66. The Balaban J connectivity index is 2.66. The Bertz CT molecular complexity index is 657. The van der Waals surface area contributed by atoms with Gasteiger partial charge in [0, 0.05) is 14.3 Å². The molecular formula is C12H6BrIO. The average molecular weight is 373 g/mol. The highest BCUT2D eigenvalue weighted by Crippen LogP contribution is 2.36. The minimum atomic E-state index is 0.933. The van der Waals surface area contributed by atoms with Crippen LogP contribution in [-0.4, -0.2) is 0 Å². The van der Waals surface area contributed by atoms with E-state index >= 15 is 0 Å². The maximum atomic E-state index is 5.81. The van der Waals surface area contributed by atoms with Crippen LogP contribution >= 0.6 is 38.5 Å². The van der Waals surface area contributed by atoms with Crippen molar-refractivity contribution in [2.45, 2.75) is 0 Å². The van der Waals surface area contributed by atoms with Crippen LogP contribution in [0.25, 0.3) is 21.9 Å². The van der Waals surface area contributed by atoms with Crippen LogP contribution in [0, 0.1) is 3.57 Å². The molecule has 0 aliphatic rings. The molecule has 0 unspecified atom stereocenters. The molecule has 0 spiro atoms.